The number of rotatable bonds is 2. The predicted molar refractivity (Wildman–Crippen MR) is 30.6 cm³/mol. The largest absolute Gasteiger partial charge is 0.392 e. The second kappa shape index (κ2) is 1.98. The van der Waals surface area contributed by atoms with Crippen molar-refractivity contribution in [3.63, 3.8) is 0 Å². The standard InChI is InChI=1S/C6H9NO2/c1-2-5-6(3-7,4-8)9-5/h5,8H,2,4H2,1H3. The Balaban J connectivity index is 2.50. The molecule has 2 unspecified atom stereocenters. The van der Waals surface area contributed by atoms with E-state index >= 15 is 0 Å². The van der Waals surface area contributed by atoms with E-state index in [1.165, 1.54) is 0 Å². The first-order valence-electron chi connectivity index (χ1n) is 2.99. The Bertz CT molecular complexity index is 152. The smallest absolute Gasteiger partial charge is 0.203 e. The lowest BCUT2D eigenvalue weighted by Crippen LogP contribution is -2.16. The molecule has 1 heterocycles. The molecule has 1 aliphatic heterocycles. The monoisotopic (exact) mass is 127 g/mol. The third-order valence-electron chi connectivity index (χ3n) is 1.61. The lowest BCUT2D eigenvalue weighted by atomic mass is 10.1. The summed E-state index contributed by atoms with van der Waals surface area (Å²) in [7, 11) is 0. The van der Waals surface area contributed by atoms with E-state index in [4.69, 9.17) is 15.1 Å². The summed E-state index contributed by atoms with van der Waals surface area (Å²) in [5.74, 6) is 0. The highest BCUT2D eigenvalue weighted by atomic mass is 16.6. The maximum Gasteiger partial charge on any atom is 0.203 e. The minimum absolute atomic E-state index is 0.0347. The molecule has 0 bridgehead atoms. The van der Waals surface area contributed by atoms with Crippen molar-refractivity contribution in [3.05, 3.63) is 0 Å². The van der Waals surface area contributed by atoms with E-state index in [-0.39, 0.29) is 12.7 Å². The Hall–Kier alpha value is -0.590. The number of epoxide rings is 1. The van der Waals surface area contributed by atoms with E-state index in [2.05, 4.69) is 0 Å². The van der Waals surface area contributed by atoms with E-state index < -0.39 is 5.60 Å². The first-order chi connectivity index (χ1) is 4.29. The third kappa shape index (κ3) is 0.805. The highest BCUT2D eigenvalue weighted by Gasteiger charge is 2.55. The zero-order chi connectivity index (χ0) is 6.91. The van der Waals surface area contributed by atoms with Gasteiger partial charge < -0.3 is 9.84 Å². The summed E-state index contributed by atoms with van der Waals surface area (Å²) in [4.78, 5) is 0. The Labute approximate surface area is 53.9 Å². The molecule has 9 heavy (non-hydrogen) atoms. The van der Waals surface area contributed by atoms with Gasteiger partial charge in [-0.1, -0.05) is 6.92 Å². The number of nitriles is 1. The number of aliphatic hydroxyl groups is 1. The van der Waals surface area contributed by atoms with Gasteiger partial charge in [-0.3, -0.25) is 0 Å². The molecule has 1 N–H and O–H groups in total. The van der Waals surface area contributed by atoms with Gasteiger partial charge in [-0.05, 0) is 6.42 Å². The third-order valence-corrected chi connectivity index (χ3v) is 1.61. The molecule has 1 fully saturated rings. The molecular formula is C6H9NO2. The first-order valence-corrected chi connectivity index (χ1v) is 2.99. The zero-order valence-electron chi connectivity index (χ0n) is 5.29. The predicted octanol–water partition coefficient (Wildman–Crippen LogP) is 0.0499. The second-order valence-electron chi connectivity index (χ2n) is 2.17. The normalized spacial score (nSPS) is 39.9. The van der Waals surface area contributed by atoms with E-state index in [1.54, 1.807) is 0 Å². The minimum Gasteiger partial charge on any atom is -0.392 e. The number of hydrogen-bond donors (Lipinski definition) is 1. The van der Waals surface area contributed by atoms with Gasteiger partial charge in [-0.2, -0.15) is 5.26 Å². The molecule has 1 rings (SSSR count). The van der Waals surface area contributed by atoms with Gasteiger partial charge in [0.15, 0.2) is 0 Å². The molecule has 0 radical (unpaired) electrons. The van der Waals surface area contributed by atoms with Crippen LogP contribution in [0, 0.1) is 11.3 Å². The van der Waals surface area contributed by atoms with Crippen LogP contribution in [0.25, 0.3) is 0 Å². The molecule has 0 aliphatic carbocycles. The molecule has 3 nitrogen and oxygen atoms in total. The summed E-state index contributed by atoms with van der Waals surface area (Å²) in [5.41, 5.74) is -0.839. The molecule has 3 heteroatoms. The molecule has 0 aromatic heterocycles. The van der Waals surface area contributed by atoms with Crippen LogP contribution in [0.3, 0.4) is 0 Å². The van der Waals surface area contributed by atoms with E-state index in [9.17, 15) is 0 Å². The van der Waals surface area contributed by atoms with Gasteiger partial charge >= 0.3 is 0 Å². The fraction of sp³-hybridized carbons (Fsp3) is 0.833. The van der Waals surface area contributed by atoms with Crippen molar-refractivity contribution in [1.82, 2.24) is 0 Å². The van der Waals surface area contributed by atoms with Crippen LogP contribution in [0.5, 0.6) is 0 Å². The van der Waals surface area contributed by atoms with Crippen LogP contribution < -0.4 is 0 Å². The average Bonchev–Trinajstić information content (AvgIpc) is 2.63. The highest BCUT2D eigenvalue weighted by molar-refractivity contribution is 5.17. The van der Waals surface area contributed by atoms with Crippen molar-refractivity contribution in [1.29, 1.82) is 5.26 Å². The summed E-state index contributed by atoms with van der Waals surface area (Å²) >= 11 is 0. The zero-order valence-corrected chi connectivity index (χ0v) is 5.29. The summed E-state index contributed by atoms with van der Waals surface area (Å²) < 4.78 is 4.94. The highest BCUT2D eigenvalue weighted by Crippen LogP contribution is 2.37. The Morgan fingerprint density at radius 1 is 1.89 bits per heavy atom. The SMILES string of the molecule is CCC1OC1(C#N)CO. The fourth-order valence-electron chi connectivity index (χ4n) is 0.906. The van der Waals surface area contributed by atoms with Gasteiger partial charge in [0.05, 0.1) is 6.61 Å². The van der Waals surface area contributed by atoms with Crippen molar-refractivity contribution >= 4 is 0 Å². The Morgan fingerprint density at radius 2 is 2.56 bits per heavy atom. The van der Waals surface area contributed by atoms with Crippen LogP contribution in [-0.2, 0) is 4.74 Å². The molecule has 0 saturated carbocycles. The van der Waals surface area contributed by atoms with Crippen LogP contribution in [0.15, 0.2) is 0 Å². The van der Waals surface area contributed by atoms with Gasteiger partial charge in [0.2, 0.25) is 5.60 Å². The van der Waals surface area contributed by atoms with Crippen LogP contribution in [0.4, 0.5) is 0 Å². The lowest BCUT2D eigenvalue weighted by molar-refractivity contribution is 0.206. The maximum absolute atomic E-state index is 8.61. The average molecular weight is 127 g/mol. The molecule has 0 aromatic carbocycles. The molecular weight excluding hydrogens is 118 g/mol. The van der Waals surface area contributed by atoms with Crippen molar-refractivity contribution < 1.29 is 9.84 Å². The minimum atomic E-state index is -0.839. The van der Waals surface area contributed by atoms with Crippen molar-refractivity contribution in [3.8, 4) is 6.07 Å². The van der Waals surface area contributed by atoms with Gasteiger partial charge in [0.25, 0.3) is 0 Å². The molecule has 1 saturated heterocycles. The van der Waals surface area contributed by atoms with E-state index in [0.717, 1.165) is 6.42 Å². The molecule has 50 valence electrons. The summed E-state index contributed by atoms with van der Waals surface area (Å²) in [6.07, 6.45) is 0.765. The molecule has 0 aromatic rings. The summed E-state index contributed by atoms with van der Waals surface area (Å²) in [6.45, 7) is 1.75. The van der Waals surface area contributed by atoms with Crippen molar-refractivity contribution in [2.45, 2.75) is 25.0 Å². The fourth-order valence-corrected chi connectivity index (χ4v) is 0.906. The lowest BCUT2D eigenvalue weighted by Gasteiger charge is -1.92. The number of aliphatic hydroxyl groups excluding tert-OH is 1. The van der Waals surface area contributed by atoms with Crippen molar-refractivity contribution in [2.24, 2.45) is 0 Å². The topological polar surface area (TPSA) is 56.5 Å². The Kier molecular flexibility index (Phi) is 1.43. The van der Waals surface area contributed by atoms with Gasteiger partial charge in [0, 0.05) is 0 Å². The summed E-state index contributed by atoms with van der Waals surface area (Å²) in [6, 6.07) is 1.93. The van der Waals surface area contributed by atoms with Crippen molar-refractivity contribution in [2.75, 3.05) is 6.61 Å². The van der Waals surface area contributed by atoms with Crippen LogP contribution in [0.2, 0.25) is 0 Å². The van der Waals surface area contributed by atoms with Crippen LogP contribution >= 0.6 is 0 Å². The molecule has 1 aliphatic rings. The number of nitrogens with zero attached hydrogens (tertiary/aromatic N) is 1. The van der Waals surface area contributed by atoms with Gasteiger partial charge in [-0.25, -0.2) is 0 Å². The summed E-state index contributed by atoms with van der Waals surface area (Å²) in [5, 5.41) is 17.0. The number of hydrogen-bond acceptors (Lipinski definition) is 3. The first kappa shape index (κ1) is 6.53. The molecule has 2 atom stereocenters. The second-order valence-corrected chi connectivity index (χ2v) is 2.17. The van der Waals surface area contributed by atoms with E-state index in [0.29, 0.717) is 0 Å². The quantitative estimate of drug-likeness (QED) is 0.533. The maximum atomic E-state index is 8.61. The van der Waals surface area contributed by atoms with E-state index in [1.807, 2.05) is 13.0 Å². The van der Waals surface area contributed by atoms with Gasteiger partial charge in [-0.15, -0.1) is 0 Å². The molecule has 0 amide bonds. The van der Waals surface area contributed by atoms with Crippen LogP contribution in [0.1, 0.15) is 13.3 Å². The van der Waals surface area contributed by atoms with Gasteiger partial charge in [0.1, 0.15) is 12.2 Å². The van der Waals surface area contributed by atoms with Crippen LogP contribution in [-0.4, -0.2) is 23.4 Å². The Morgan fingerprint density at radius 3 is 2.67 bits per heavy atom. The molecule has 0 spiro atoms. The number of ether oxygens (including phenoxy) is 1.